The summed E-state index contributed by atoms with van der Waals surface area (Å²) in [5, 5.41) is 9.23. The molecule has 3 nitrogen and oxygen atoms in total. The van der Waals surface area contributed by atoms with Crippen LogP contribution in [-0.2, 0) is 10.3 Å². The maximum Gasteiger partial charge on any atom is 0.328 e. The molecule has 0 saturated heterocycles. The van der Waals surface area contributed by atoms with E-state index >= 15 is 0 Å². The zero-order chi connectivity index (χ0) is 12.5. The summed E-state index contributed by atoms with van der Waals surface area (Å²) in [6.07, 6.45) is 0. The maximum atomic E-state index is 13.7. The standard InChI is InChI=1S/C11H13BrFNO2/c1-11(10(15)16,14(2)3)8-5-4-7(12)6-9(8)13/h4-6H,1-3H3,(H,15,16). The molecule has 0 heterocycles. The van der Waals surface area contributed by atoms with Gasteiger partial charge in [0.25, 0.3) is 0 Å². The zero-order valence-electron chi connectivity index (χ0n) is 9.29. The molecule has 1 N–H and O–H groups in total. The van der Waals surface area contributed by atoms with Crippen molar-refractivity contribution >= 4 is 21.9 Å². The fourth-order valence-electron chi connectivity index (χ4n) is 1.43. The van der Waals surface area contributed by atoms with Gasteiger partial charge < -0.3 is 5.11 Å². The van der Waals surface area contributed by atoms with Crippen LogP contribution in [0, 0.1) is 5.82 Å². The lowest BCUT2D eigenvalue weighted by atomic mass is 9.90. The van der Waals surface area contributed by atoms with Gasteiger partial charge in [0.15, 0.2) is 0 Å². The molecule has 0 aliphatic rings. The molecule has 0 saturated carbocycles. The third-order valence-electron chi connectivity index (χ3n) is 2.77. The fraction of sp³-hybridized carbons (Fsp3) is 0.364. The SMILES string of the molecule is CN(C)C(C)(C(=O)O)c1ccc(Br)cc1F. The molecular weight excluding hydrogens is 277 g/mol. The summed E-state index contributed by atoms with van der Waals surface area (Å²) in [6.45, 7) is 1.47. The number of carboxylic acids is 1. The average Bonchev–Trinajstić information content (AvgIpc) is 2.15. The zero-order valence-corrected chi connectivity index (χ0v) is 10.9. The monoisotopic (exact) mass is 289 g/mol. The first-order valence-corrected chi connectivity index (χ1v) is 5.45. The van der Waals surface area contributed by atoms with E-state index in [0.29, 0.717) is 4.47 Å². The van der Waals surface area contributed by atoms with Gasteiger partial charge in [0.1, 0.15) is 11.4 Å². The van der Waals surface area contributed by atoms with Gasteiger partial charge in [0.05, 0.1) is 0 Å². The minimum atomic E-state index is -1.37. The summed E-state index contributed by atoms with van der Waals surface area (Å²) < 4.78 is 14.3. The fourth-order valence-corrected chi connectivity index (χ4v) is 1.76. The summed E-state index contributed by atoms with van der Waals surface area (Å²) in [4.78, 5) is 12.8. The molecule has 0 radical (unpaired) electrons. The average molecular weight is 290 g/mol. The summed E-state index contributed by atoms with van der Waals surface area (Å²) in [5.74, 6) is -1.62. The third kappa shape index (κ3) is 2.10. The van der Waals surface area contributed by atoms with Crippen LogP contribution in [0.5, 0.6) is 0 Å². The second-order valence-electron chi connectivity index (χ2n) is 3.90. The minimum absolute atomic E-state index is 0.146. The normalized spacial score (nSPS) is 14.9. The van der Waals surface area contributed by atoms with Crippen LogP contribution in [-0.4, -0.2) is 30.1 Å². The highest BCUT2D eigenvalue weighted by Crippen LogP contribution is 2.30. The highest BCUT2D eigenvalue weighted by molar-refractivity contribution is 9.10. The molecular formula is C11H13BrFNO2. The Morgan fingerprint density at radius 1 is 1.50 bits per heavy atom. The number of carboxylic acid groups (broad SMARTS) is 1. The Morgan fingerprint density at radius 3 is 2.44 bits per heavy atom. The maximum absolute atomic E-state index is 13.7. The van der Waals surface area contributed by atoms with Crippen LogP contribution in [0.3, 0.4) is 0 Å². The van der Waals surface area contributed by atoms with Crippen molar-refractivity contribution in [1.82, 2.24) is 4.90 Å². The first-order valence-electron chi connectivity index (χ1n) is 4.66. The van der Waals surface area contributed by atoms with Crippen LogP contribution in [0.25, 0.3) is 0 Å². The number of benzene rings is 1. The second-order valence-corrected chi connectivity index (χ2v) is 4.81. The van der Waals surface area contributed by atoms with Gasteiger partial charge in [0, 0.05) is 10.0 Å². The van der Waals surface area contributed by atoms with E-state index in [4.69, 9.17) is 0 Å². The van der Waals surface area contributed by atoms with E-state index in [1.807, 2.05) is 0 Å². The summed E-state index contributed by atoms with van der Waals surface area (Å²) >= 11 is 3.14. The van der Waals surface area contributed by atoms with E-state index in [2.05, 4.69) is 15.9 Å². The van der Waals surface area contributed by atoms with Crippen molar-refractivity contribution in [2.75, 3.05) is 14.1 Å². The molecule has 1 aromatic carbocycles. The number of nitrogens with zero attached hydrogens (tertiary/aromatic N) is 1. The quantitative estimate of drug-likeness (QED) is 0.929. The van der Waals surface area contributed by atoms with Crippen LogP contribution in [0.4, 0.5) is 4.39 Å². The van der Waals surface area contributed by atoms with Crippen molar-refractivity contribution in [2.45, 2.75) is 12.5 Å². The van der Waals surface area contributed by atoms with Gasteiger partial charge in [-0.2, -0.15) is 0 Å². The highest BCUT2D eigenvalue weighted by Gasteiger charge is 2.39. The number of halogens is 2. The summed E-state index contributed by atoms with van der Waals surface area (Å²) in [5.41, 5.74) is -1.22. The number of aliphatic carboxylic acids is 1. The summed E-state index contributed by atoms with van der Waals surface area (Å²) in [7, 11) is 3.21. The van der Waals surface area contributed by atoms with Gasteiger partial charge in [0.2, 0.25) is 0 Å². The first-order chi connectivity index (χ1) is 7.30. The molecule has 88 valence electrons. The predicted molar refractivity (Wildman–Crippen MR) is 62.8 cm³/mol. The predicted octanol–water partition coefficient (Wildman–Crippen LogP) is 2.45. The van der Waals surface area contributed by atoms with E-state index in [1.165, 1.54) is 24.0 Å². The van der Waals surface area contributed by atoms with E-state index in [1.54, 1.807) is 20.2 Å². The second kappa shape index (κ2) is 4.51. The molecule has 0 fully saturated rings. The number of rotatable bonds is 3. The van der Waals surface area contributed by atoms with Gasteiger partial charge in [-0.3, -0.25) is 4.90 Å². The first kappa shape index (κ1) is 13.1. The van der Waals surface area contributed by atoms with Gasteiger partial charge >= 0.3 is 5.97 Å². The smallest absolute Gasteiger partial charge is 0.328 e. The van der Waals surface area contributed by atoms with Gasteiger partial charge in [-0.05, 0) is 33.2 Å². The molecule has 0 amide bonds. The van der Waals surface area contributed by atoms with Crippen molar-refractivity contribution < 1.29 is 14.3 Å². The van der Waals surface area contributed by atoms with Gasteiger partial charge in [-0.25, -0.2) is 9.18 Å². The molecule has 1 atom stereocenters. The van der Waals surface area contributed by atoms with Gasteiger partial charge in [-0.15, -0.1) is 0 Å². The van der Waals surface area contributed by atoms with Crippen LogP contribution in [0.1, 0.15) is 12.5 Å². The molecule has 0 aromatic heterocycles. The Labute approximate surface area is 102 Å². The Hall–Kier alpha value is -0.940. The Balaban J connectivity index is 3.38. The lowest BCUT2D eigenvalue weighted by Gasteiger charge is -2.32. The molecule has 0 spiro atoms. The lowest BCUT2D eigenvalue weighted by Crippen LogP contribution is -2.46. The van der Waals surface area contributed by atoms with Crippen LogP contribution in [0.2, 0.25) is 0 Å². The molecule has 1 aromatic rings. The largest absolute Gasteiger partial charge is 0.480 e. The number of likely N-dealkylation sites (N-methyl/N-ethyl adjacent to an activating group) is 1. The van der Waals surface area contributed by atoms with Crippen molar-refractivity contribution in [1.29, 1.82) is 0 Å². The minimum Gasteiger partial charge on any atom is -0.480 e. The van der Waals surface area contributed by atoms with Gasteiger partial charge in [-0.1, -0.05) is 22.0 Å². The van der Waals surface area contributed by atoms with Crippen LogP contribution < -0.4 is 0 Å². The number of hydrogen-bond donors (Lipinski definition) is 1. The molecule has 1 unspecified atom stereocenters. The molecule has 1 rings (SSSR count). The summed E-state index contributed by atoms with van der Waals surface area (Å²) in [6, 6.07) is 4.37. The number of carbonyl (C=O) groups is 1. The Morgan fingerprint density at radius 2 is 2.06 bits per heavy atom. The molecule has 16 heavy (non-hydrogen) atoms. The molecule has 0 aliphatic carbocycles. The lowest BCUT2D eigenvalue weighted by molar-refractivity contribution is -0.149. The van der Waals surface area contributed by atoms with Crippen molar-refractivity contribution in [3.63, 3.8) is 0 Å². The van der Waals surface area contributed by atoms with Crippen molar-refractivity contribution in [2.24, 2.45) is 0 Å². The topological polar surface area (TPSA) is 40.5 Å². The Bertz CT molecular complexity index is 422. The third-order valence-corrected chi connectivity index (χ3v) is 3.26. The number of hydrogen-bond acceptors (Lipinski definition) is 2. The van der Waals surface area contributed by atoms with Crippen LogP contribution >= 0.6 is 15.9 Å². The van der Waals surface area contributed by atoms with E-state index in [0.717, 1.165) is 0 Å². The van der Waals surface area contributed by atoms with Crippen LogP contribution in [0.15, 0.2) is 22.7 Å². The molecule has 5 heteroatoms. The van der Waals surface area contributed by atoms with E-state index in [-0.39, 0.29) is 5.56 Å². The van der Waals surface area contributed by atoms with E-state index in [9.17, 15) is 14.3 Å². The highest BCUT2D eigenvalue weighted by atomic mass is 79.9. The molecule has 0 aliphatic heterocycles. The Kier molecular flexibility index (Phi) is 3.70. The van der Waals surface area contributed by atoms with Crippen molar-refractivity contribution in [3.05, 3.63) is 34.1 Å². The molecule has 0 bridgehead atoms. The van der Waals surface area contributed by atoms with Crippen molar-refractivity contribution in [3.8, 4) is 0 Å². The van der Waals surface area contributed by atoms with E-state index < -0.39 is 17.3 Å².